The van der Waals surface area contributed by atoms with Crippen molar-refractivity contribution in [2.45, 2.75) is 0 Å². The van der Waals surface area contributed by atoms with Gasteiger partial charge in [-0.2, -0.15) is 0 Å². The molecule has 0 spiro atoms. The Morgan fingerprint density at radius 1 is 0.478 bits per heavy atom. The lowest BCUT2D eigenvalue weighted by molar-refractivity contribution is 1.09. The molecule has 0 saturated carbocycles. The SMILES string of the molecule is c1ccc(-c2ccn(-c3ccccc3)c2-c2ccccc2)cc1. The normalized spacial score (nSPS) is 10.6. The second-order valence-corrected chi connectivity index (χ2v) is 5.52. The van der Waals surface area contributed by atoms with Crippen molar-refractivity contribution in [3.05, 3.63) is 103 Å². The third kappa shape index (κ3) is 2.58. The Hall–Kier alpha value is -3.06. The van der Waals surface area contributed by atoms with Crippen LogP contribution in [0.5, 0.6) is 0 Å². The van der Waals surface area contributed by atoms with Crippen LogP contribution in [0.25, 0.3) is 28.1 Å². The van der Waals surface area contributed by atoms with Gasteiger partial charge in [0.1, 0.15) is 0 Å². The largest absolute Gasteiger partial charge is 0.316 e. The predicted molar refractivity (Wildman–Crippen MR) is 96.6 cm³/mol. The van der Waals surface area contributed by atoms with E-state index in [-0.39, 0.29) is 0 Å². The summed E-state index contributed by atoms with van der Waals surface area (Å²) in [4.78, 5) is 0. The van der Waals surface area contributed by atoms with Crippen molar-refractivity contribution in [2.75, 3.05) is 0 Å². The molecule has 4 rings (SSSR count). The van der Waals surface area contributed by atoms with Crippen LogP contribution in [0.2, 0.25) is 0 Å². The summed E-state index contributed by atoms with van der Waals surface area (Å²) < 4.78 is 2.26. The number of rotatable bonds is 3. The molecule has 0 amide bonds. The summed E-state index contributed by atoms with van der Waals surface area (Å²) in [7, 11) is 0. The van der Waals surface area contributed by atoms with Gasteiger partial charge in [0, 0.05) is 17.4 Å². The summed E-state index contributed by atoms with van der Waals surface area (Å²) in [6.07, 6.45) is 2.15. The number of hydrogen-bond donors (Lipinski definition) is 0. The Bertz CT molecular complexity index is 834. The summed E-state index contributed by atoms with van der Waals surface area (Å²) >= 11 is 0. The molecule has 110 valence electrons. The third-order valence-corrected chi connectivity index (χ3v) is 4.05. The Balaban J connectivity index is 1.97. The maximum absolute atomic E-state index is 2.26. The fraction of sp³-hybridized carbons (Fsp3) is 0. The number of para-hydroxylation sites is 1. The van der Waals surface area contributed by atoms with Crippen molar-refractivity contribution in [1.29, 1.82) is 0 Å². The van der Waals surface area contributed by atoms with Gasteiger partial charge in [-0.3, -0.25) is 0 Å². The molecule has 0 atom stereocenters. The minimum atomic E-state index is 1.17. The minimum Gasteiger partial charge on any atom is -0.316 e. The highest BCUT2D eigenvalue weighted by Crippen LogP contribution is 2.34. The number of aromatic nitrogens is 1. The molecule has 0 N–H and O–H groups in total. The van der Waals surface area contributed by atoms with Gasteiger partial charge in [-0.15, -0.1) is 0 Å². The van der Waals surface area contributed by atoms with E-state index < -0.39 is 0 Å². The van der Waals surface area contributed by atoms with E-state index in [2.05, 4.69) is 102 Å². The molecule has 0 radical (unpaired) electrons. The van der Waals surface area contributed by atoms with Gasteiger partial charge in [-0.25, -0.2) is 0 Å². The molecule has 0 unspecified atom stereocenters. The summed E-state index contributed by atoms with van der Waals surface area (Å²) in [6.45, 7) is 0. The van der Waals surface area contributed by atoms with Gasteiger partial charge in [-0.05, 0) is 29.3 Å². The molecule has 1 aromatic heterocycles. The molecular formula is C22H17N. The Labute approximate surface area is 136 Å². The molecule has 0 fully saturated rings. The van der Waals surface area contributed by atoms with E-state index >= 15 is 0 Å². The first-order valence-corrected chi connectivity index (χ1v) is 7.81. The van der Waals surface area contributed by atoms with Gasteiger partial charge in [-0.1, -0.05) is 78.9 Å². The monoisotopic (exact) mass is 295 g/mol. The zero-order valence-electron chi connectivity index (χ0n) is 12.8. The average molecular weight is 295 g/mol. The van der Waals surface area contributed by atoms with E-state index in [0.29, 0.717) is 0 Å². The van der Waals surface area contributed by atoms with E-state index in [1.54, 1.807) is 0 Å². The summed E-state index contributed by atoms with van der Waals surface area (Å²) in [5.74, 6) is 0. The first kappa shape index (κ1) is 13.6. The Morgan fingerprint density at radius 3 is 1.61 bits per heavy atom. The highest BCUT2D eigenvalue weighted by molar-refractivity contribution is 5.83. The van der Waals surface area contributed by atoms with Crippen LogP contribution in [0, 0.1) is 0 Å². The highest BCUT2D eigenvalue weighted by Gasteiger charge is 2.13. The van der Waals surface area contributed by atoms with Gasteiger partial charge in [0.15, 0.2) is 0 Å². The smallest absolute Gasteiger partial charge is 0.0606 e. The standard InChI is InChI=1S/C22H17N/c1-4-10-18(11-5-1)21-16-17-23(20-14-8-3-9-15-20)22(21)19-12-6-2-7-13-19/h1-17H. The first-order chi connectivity index (χ1) is 11.4. The van der Waals surface area contributed by atoms with Crippen molar-refractivity contribution in [1.82, 2.24) is 4.57 Å². The maximum atomic E-state index is 2.26. The van der Waals surface area contributed by atoms with Crippen LogP contribution in [-0.4, -0.2) is 4.57 Å². The van der Waals surface area contributed by atoms with Gasteiger partial charge >= 0.3 is 0 Å². The van der Waals surface area contributed by atoms with E-state index in [9.17, 15) is 0 Å². The van der Waals surface area contributed by atoms with Crippen molar-refractivity contribution < 1.29 is 0 Å². The lowest BCUT2D eigenvalue weighted by Crippen LogP contribution is -1.95. The highest BCUT2D eigenvalue weighted by atomic mass is 15.0. The van der Waals surface area contributed by atoms with E-state index in [1.807, 2.05) is 6.07 Å². The maximum Gasteiger partial charge on any atom is 0.0606 e. The Morgan fingerprint density at radius 2 is 1.00 bits per heavy atom. The molecule has 0 bridgehead atoms. The van der Waals surface area contributed by atoms with Crippen LogP contribution in [0.15, 0.2) is 103 Å². The zero-order chi connectivity index (χ0) is 15.5. The van der Waals surface area contributed by atoms with Crippen molar-refractivity contribution in [2.24, 2.45) is 0 Å². The summed E-state index contributed by atoms with van der Waals surface area (Å²) in [5.41, 5.74) is 6.11. The Kier molecular flexibility index (Phi) is 3.53. The summed E-state index contributed by atoms with van der Waals surface area (Å²) in [5, 5.41) is 0. The number of hydrogen-bond acceptors (Lipinski definition) is 0. The molecule has 0 saturated heterocycles. The molecule has 1 heterocycles. The van der Waals surface area contributed by atoms with Crippen molar-refractivity contribution >= 4 is 0 Å². The molecule has 1 heteroatoms. The molecule has 0 aliphatic carbocycles. The fourth-order valence-electron chi connectivity index (χ4n) is 2.98. The van der Waals surface area contributed by atoms with Crippen LogP contribution >= 0.6 is 0 Å². The fourth-order valence-corrected chi connectivity index (χ4v) is 2.98. The summed E-state index contributed by atoms with van der Waals surface area (Å²) in [6, 6.07) is 33.8. The number of benzene rings is 3. The average Bonchev–Trinajstić information content (AvgIpc) is 3.09. The van der Waals surface area contributed by atoms with Gasteiger partial charge in [0.05, 0.1) is 5.69 Å². The van der Waals surface area contributed by atoms with Crippen molar-refractivity contribution in [3.63, 3.8) is 0 Å². The van der Waals surface area contributed by atoms with Crippen LogP contribution in [0.3, 0.4) is 0 Å². The molecular weight excluding hydrogens is 278 g/mol. The predicted octanol–water partition coefficient (Wildman–Crippen LogP) is 5.81. The van der Waals surface area contributed by atoms with E-state index in [4.69, 9.17) is 0 Å². The van der Waals surface area contributed by atoms with Crippen LogP contribution < -0.4 is 0 Å². The second-order valence-electron chi connectivity index (χ2n) is 5.52. The lowest BCUT2D eigenvalue weighted by Gasteiger charge is -2.12. The van der Waals surface area contributed by atoms with Crippen LogP contribution in [0.1, 0.15) is 0 Å². The topological polar surface area (TPSA) is 4.93 Å². The molecule has 23 heavy (non-hydrogen) atoms. The molecule has 0 aliphatic heterocycles. The third-order valence-electron chi connectivity index (χ3n) is 4.05. The first-order valence-electron chi connectivity index (χ1n) is 7.81. The molecule has 3 aromatic carbocycles. The minimum absolute atomic E-state index is 1.17. The number of nitrogens with zero attached hydrogens (tertiary/aromatic N) is 1. The molecule has 1 nitrogen and oxygen atoms in total. The lowest BCUT2D eigenvalue weighted by atomic mass is 10.0. The van der Waals surface area contributed by atoms with Crippen molar-refractivity contribution in [3.8, 4) is 28.1 Å². The second kappa shape index (κ2) is 5.98. The van der Waals surface area contributed by atoms with E-state index in [0.717, 1.165) is 0 Å². The molecule has 0 aliphatic rings. The van der Waals surface area contributed by atoms with E-state index in [1.165, 1.54) is 28.1 Å². The van der Waals surface area contributed by atoms with Gasteiger partial charge in [0.2, 0.25) is 0 Å². The molecule has 4 aromatic rings. The zero-order valence-corrected chi connectivity index (χ0v) is 12.8. The van der Waals surface area contributed by atoms with Crippen LogP contribution in [-0.2, 0) is 0 Å². The van der Waals surface area contributed by atoms with Gasteiger partial charge in [0.25, 0.3) is 0 Å². The van der Waals surface area contributed by atoms with Gasteiger partial charge < -0.3 is 4.57 Å². The quantitative estimate of drug-likeness (QED) is 0.449. The van der Waals surface area contributed by atoms with Crippen LogP contribution in [0.4, 0.5) is 0 Å².